The molecule has 1 spiro atoms. The van der Waals surface area contributed by atoms with E-state index in [4.69, 9.17) is 4.74 Å². The van der Waals surface area contributed by atoms with Crippen LogP contribution in [-0.2, 0) is 11.3 Å². The van der Waals surface area contributed by atoms with Gasteiger partial charge in [-0.05, 0) is 51.9 Å². The maximum Gasteiger partial charge on any atom is 0.0681 e. The summed E-state index contributed by atoms with van der Waals surface area (Å²) >= 11 is 1.89. The van der Waals surface area contributed by atoms with Gasteiger partial charge in [0.15, 0.2) is 0 Å². The molecule has 2 heterocycles. The van der Waals surface area contributed by atoms with E-state index in [1.54, 1.807) is 0 Å². The average molecular weight is 295 g/mol. The second-order valence-electron chi connectivity index (χ2n) is 6.22. The molecule has 1 aliphatic heterocycles. The highest BCUT2D eigenvalue weighted by Crippen LogP contribution is 2.51. The summed E-state index contributed by atoms with van der Waals surface area (Å²) in [6.45, 7) is 8.19. The van der Waals surface area contributed by atoms with Crippen LogP contribution >= 0.6 is 11.3 Å². The highest BCUT2D eigenvalue weighted by Gasteiger charge is 2.55. The Morgan fingerprint density at radius 2 is 2.15 bits per heavy atom. The summed E-state index contributed by atoms with van der Waals surface area (Å²) in [4.78, 5) is 5.36. The molecule has 2 aliphatic rings. The van der Waals surface area contributed by atoms with E-state index in [0.29, 0.717) is 0 Å². The van der Waals surface area contributed by atoms with Gasteiger partial charge < -0.3 is 9.84 Å². The molecular weight excluding hydrogens is 270 g/mol. The number of likely N-dealkylation sites (tertiary alicyclic amines) is 1. The van der Waals surface area contributed by atoms with Crippen LogP contribution in [-0.4, -0.2) is 41.9 Å². The van der Waals surface area contributed by atoms with Gasteiger partial charge in [0.2, 0.25) is 0 Å². The van der Waals surface area contributed by atoms with Crippen molar-refractivity contribution in [1.82, 2.24) is 4.90 Å². The van der Waals surface area contributed by atoms with Gasteiger partial charge in [0.1, 0.15) is 0 Å². The third kappa shape index (κ3) is 2.54. The molecule has 112 valence electrons. The highest BCUT2D eigenvalue weighted by molar-refractivity contribution is 7.11. The Kier molecular flexibility index (Phi) is 4.18. The van der Waals surface area contributed by atoms with Gasteiger partial charge >= 0.3 is 0 Å². The van der Waals surface area contributed by atoms with Crippen molar-refractivity contribution in [3.8, 4) is 0 Å². The summed E-state index contributed by atoms with van der Waals surface area (Å²) in [5.41, 5.74) is 0.0534. The van der Waals surface area contributed by atoms with E-state index >= 15 is 0 Å². The Morgan fingerprint density at radius 3 is 2.70 bits per heavy atom. The number of hydrogen-bond donors (Lipinski definition) is 1. The first-order valence-corrected chi connectivity index (χ1v) is 8.53. The lowest BCUT2D eigenvalue weighted by Gasteiger charge is -2.56. The zero-order valence-corrected chi connectivity index (χ0v) is 13.3. The Balaban J connectivity index is 1.56. The fourth-order valence-corrected chi connectivity index (χ4v) is 4.67. The Bertz CT molecular complexity index is 449. The molecule has 4 heteroatoms. The Morgan fingerprint density at radius 1 is 1.40 bits per heavy atom. The number of nitrogens with zero attached hydrogens (tertiary/aromatic N) is 1. The summed E-state index contributed by atoms with van der Waals surface area (Å²) in [7, 11) is 0. The molecule has 1 aliphatic carbocycles. The third-order valence-electron chi connectivity index (χ3n) is 5.07. The summed E-state index contributed by atoms with van der Waals surface area (Å²) < 4.78 is 5.82. The lowest BCUT2D eigenvalue weighted by atomic mass is 9.58. The summed E-state index contributed by atoms with van der Waals surface area (Å²) in [5.74, 6) is 0. The van der Waals surface area contributed by atoms with E-state index in [0.717, 1.165) is 45.5 Å². The van der Waals surface area contributed by atoms with E-state index in [1.807, 2.05) is 18.3 Å². The number of piperidine rings is 1. The first-order valence-electron chi connectivity index (χ1n) is 7.71. The first-order chi connectivity index (χ1) is 9.64. The quantitative estimate of drug-likeness (QED) is 0.927. The van der Waals surface area contributed by atoms with Crippen molar-refractivity contribution in [2.24, 2.45) is 5.41 Å². The minimum absolute atomic E-state index is 0.0534. The number of aliphatic hydroxyl groups excluding tert-OH is 1. The Labute approximate surface area is 125 Å². The molecule has 0 radical (unpaired) electrons. The summed E-state index contributed by atoms with van der Waals surface area (Å²) in [6.07, 6.45) is 3.11. The Hall–Kier alpha value is -0.420. The summed E-state index contributed by atoms with van der Waals surface area (Å²) in [5, 5.41) is 10.2. The van der Waals surface area contributed by atoms with Crippen LogP contribution < -0.4 is 0 Å². The molecule has 3 rings (SSSR count). The lowest BCUT2D eigenvalue weighted by molar-refractivity contribution is -0.209. The SMILES string of the molecule is CCO[C@H]1C[C@@H](O)C12CCN(Cc1ccc(C)s1)CC2. The zero-order valence-electron chi connectivity index (χ0n) is 12.5. The predicted molar refractivity (Wildman–Crippen MR) is 82.0 cm³/mol. The van der Waals surface area contributed by atoms with Crippen LogP contribution in [0.3, 0.4) is 0 Å². The van der Waals surface area contributed by atoms with Gasteiger partial charge in [-0.2, -0.15) is 0 Å². The minimum atomic E-state index is -0.148. The van der Waals surface area contributed by atoms with Crippen LogP contribution in [0.25, 0.3) is 0 Å². The highest BCUT2D eigenvalue weighted by atomic mass is 32.1. The first kappa shape index (κ1) is 14.5. The van der Waals surface area contributed by atoms with Gasteiger partial charge in [0.25, 0.3) is 0 Å². The van der Waals surface area contributed by atoms with Crippen molar-refractivity contribution in [3.63, 3.8) is 0 Å². The zero-order chi connectivity index (χ0) is 14.2. The summed E-state index contributed by atoms with van der Waals surface area (Å²) in [6, 6.07) is 4.44. The fourth-order valence-electron chi connectivity index (χ4n) is 3.73. The standard InChI is InChI=1S/C16H25NO2S/c1-3-19-15-10-14(18)16(15)6-8-17(9-7-16)11-13-5-4-12(2)20-13/h4-5,14-15,18H,3,6-11H2,1-2H3/t14-,15+/m1/s1. The van der Waals surface area contributed by atoms with Gasteiger partial charge in [-0.1, -0.05) is 0 Å². The molecule has 2 atom stereocenters. The monoisotopic (exact) mass is 295 g/mol. The van der Waals surface area contributed by atoms with Crippen molar-refractivity contribution < 1.29 is 9.84 Å². The van der Waals surface area contributed by atoms with Gasteiger partial charge in [-0.25, -0.2) is 0 Å². The van der Waals surface area contributed by atoms with Crippen LogP contribution in [0.4, 0.5) is 0 Å². The number of ether oxygens (including phenoxy) is 1. The maximum atomic E-state index is 10.2. The molecule has 20 heavy (non-hydrogen) atoms. The van der Waals surface area contributed by atoms with E-state index in [2.05, 4.69) is 24.0 Å². The lowest BCUT2D eigenvalue weighted by Crippen LogP contribution is -2.62. The molecule has 1 N–H and O–H groups in total. The van der Waals surface area contributed by atoms with E-state index in [-0.39, 0.29) is 17.6 Å². The van der Waals surface area contributed by atoms with Crippen LogP contribution in [0, 0.1) is 12.3 Å². The fraction of sp³-hybridized carbons (Fsp3) is 0.750. The van der Waals surface area contributed by atoms with Crippen molar-refractivity contribution in [2.75, 3.05) is 19.7 Å². The van der Waals surface area contributed by atoms with Crippen LogP contribution in [0.1, 0.15) is 35.9 Å². The molecule has 1 saturated heterocycles. The molecule has 1 saturated carbocycles. The molecule has 0 amide bonds. The molecule has 3 nitrogen and oxygen atoms in total. The number of thiophene rings is 1. The van der Waals surface area contributed by atoms with Gasteiger partial charge in [-0.15, -0.1) is 11.3 Å². The number of hydrogen-bond acceptors (Lipinski definition) is 4. The van der Waals surface area contributed by atoms with Gasteiger partial charge in [0.05, 0.1) is 12.2 Å². The smallest absolute Gasteiger partial charge is 0.0681 e. The van der Waals surface area contributed by atoms with Gasteiger partial charge in [0, 0.05) is 34.7 Å². The molecular formula is C16H25NO2S. The van der Waals surface area contributed by atoms with E-state index in [1.165, 1.54) is 9.75 Å². The maximum absolute atomic E-state index is 10.2. The average Bonchev–Trinajstić information content (AvgIpc) is 2.85. The second kappa shape index (κ2) is 5.76. The molecule has 0 aromatic carbocycles. The number of aliphatic hydroxyl groups is 1. The minimum Gasteiger partial charge on any atom is -0.392 e. The molecule has 0 unspecified atom stereocenters. The molecule has 1 aromatic heterocycles. The second-order valence-corrected chi connectivity index (χ2v) is 7.59. The number of aryl methyl sites for hydroxylation is 1. The van der Waals surface area contributed by atoms with Gasteiger partial charge in [-0.3, -0.25) is 4.90 Å². The van der Waals surface area contributed by atoms with Crippen molar-refractivity contribution in [1.29, 1.82) is 0 Å². The van der Waals surface area contributed by atoms with Crippen LogP contribution in [0.5, 0.6) is 0 Å². The predicted octanol–water partition coefficient (Wildman–Crippen LogP) is 2.81. The van der Waals surface area contributed by atoms with Crippen molar-refractivity contribution in [3.05, 3.63) is 21.9 Å². The van der Waals surface area contributed by atoms with Crippen molar-refractivity contribution in [2.45, 2.75) is 51.9 Å². The van der Waals surface area contributed by atoms with E-state index < -0.39 is 0 Å². The third-order valence-corrected chi connectivity index (χ3v) is 6.06. The molecule has 0 bridgehead atoms. The molecule has 2 fully saturated rings. The number of rotatable bonds is 4. The van der Waals surface area contributed by atoms with Crippen LogP contribution in [0.2, 0.25) is 0 Å². The largest absolute Gasteiger partial charge is 0.392 e. The molecule has 1 aromatic rings. The van der Waals surface area contributed by atoms with Crippen molar-refractivity contribution >= 4 is 11.3 Å². The van der Waals surface area contributed by atoms with Crippen LogP contribution in [0.15, 0.2) is 12.1 Å². The normalized spacial score (nSPS) is 29.6. The topological polar surface area (TPSA) is 32.7 Å². The van der Waals surface area contributed by atoms with E-state index in [9.17, 15) is 5.11 Å².